The number of nitrogens with one attached hydrogen (secondary N) is 1. The summed E-state index contributed by atoms with van der Waals surface area (Å²) in [4.78, 5) is 30.2. The van der Waals surface area contributed by atoms with Gasteiger partial charge in [0, 0.05) is 49.9 Å². The molecule has 5 rings (SSSR count). The Kier molecular flexibility index (Phi) is 6.86. The molecule has 2 fully saturated rings. The molecule has 2 aromatic carbocycles. The predicted octanol–water partition coefficient (Wildman–Crippen LogP) is 4.48. The first-order valence-electron chi connectivity index (χ1n) is 12.5. The molecule has 0 bridgehead atoms. The molecule has 1 aromatic heterocycles. The van der Waals surface area contributed by atoms with Gasteiger partial charge in [-0.25, -0.2) is 4.68 Å². The summed E-state index contributed by atoms with van der Waals surface area (Å²) >= 11 is 6.16. The summed E-state index contributed by atoms with van der Waals surface area (Å²) in [5.74, 6) is 0.895. The summed E-state index contributed by atoms with van der Waals surface area (Å²) in [5, 5.41) is 8.17. The highest BCUT2D eigenvalue weighted by molar-refractivity contribution is 6.31. The zero-order chi connectivity index (χ0) is 25.4. The Labute approximate surface area is 217 Å². The van der Waals surface area contributed by atoms with Crippen molar-refractivity contribution in [2.75, 3.05) is 38.0 Å². The van der Waals surface area contributed by atoms with Crippen LogP contribution in [0.4, 0.5) is 5.69 Å². The molecule has 2 saturated heterocycles. The third-order valence-electron chi connectivity index (χ3n) is 7.29. The van der Waals surface area contributed by atoms with Crippen molar-refractivity contribution in [2.45, 2.75) is 27.2 Å². The smallest absolute Gasteiger partial charge is 0.272 e. The second-order valence-corrected chi connectivity index (χ2v) is 10.6. The number of benzene rings is 2. The van der Waals surface area contributed by atoms with E-state index >= 15 is 0 Å². The molecule has 8 heteroatoms. The molecular formula is C28H32ClN5O2. The first kappa shape index (κ1) is 24.5. The first-order chi connectivity index (χ1) is 17.3. The van der Waals surface area contributed by atoms with E-state index in [-0.39, 0.29) is 11.8 Å². The molecule has 3 heterocycles. The fourth-order valence-electron chi connectivity index (χ4n) is 5.29. The number of aromatic nitrogens is 2. The van der Waals surface area contributed by atoms with Crippen molar-refractivity contribution < 1.29 is 9.59 Å². The zero-order valence-corrected chi connectivity index (χ0v) is 21.8. The third kappa shape index (κ3) is 5.18. The molecule has 2 unspecified atom stereocenters. The van der Waals surface area contributed by atoms with Crippen LogP contribution in [0.3, 0.4) is 0 Å². The molecule has 2 amide bonds. The summed E-state index contributed by atoms with van der Waals surface area (Å²) in [6, 6.07) is 15.5. The number of halogens is 1. The van der Waals surface area contributed by atoms with Crippen LogP contribution in [0.25, 0.3) is 5.69 Å². The van der Waals surface area contributed by atoms with Gasteiger partial charge in [-0.1, -0.05) is 35.4 Å². The number of fused-ring (bicyclic) bond motifs is 1. The van der Waals surface area contributed by atoms with Crippen molar-refractivity contribution in [3.8, 4) is 5.69 Å². The van der Waals surface area contributed by atoms with Crippen molar-refractivity contribution in [1.29, 1.82) is 0 Å². The van der Waals surface area contributed by atoms with Gasteiger partial charge in [0.1, 0.15) is 5.69 Å². The molecule has 1 N–H and O–H groups in total. The van der Waals surface area contributed by atoms with Crippen LogP contribution in [0.2, 0.25) is 5.02 Å². The molecule has 7 nitrogen and oxygen atoms in total. The van der Waals surface area contributed by atoms with Crippen LogP contribution in [0, 0.1) is 32.6 Å². The molecule has 36 heavy (non-hydrogen) atoms. The zero-order valence-electron chi connectivity index (χ0n) is 21.0. The lowest BCUT2D eigenvalue weighted by atomic mass is 10.0. The van der Waals surface area contributed by atoms with E-state index in [1.54, 1.807) is 10.7 Å². The van der Waals surface area contributed by atoms with E-state index in [9.17, 15) is 9.59 Å². The highest BCUT2D eigenvalue weighted by Crippen LogP contribution is 2.32. The molecule has 2 atom stereocenters. The van der Waals surface area contributed by atoms with Gasteiger partial charge < -0.3 is 15.1 Å². The quantitative estimate of drug-likeness (QED) is 0.536. The lowest BCUT2D eigenvalue weighted by Gasteiger charge is -2.22. The fourth-order valence-corrected chi connectivity index (χ4v) is 5.47. The maximum absolute atomic E-state index is 13.5. The Morgan fingerprint density at radius 1 is 0.972 bits per heavy atom. The Morgan fingerprint density at radius 3 is 2.33 bits per heavy atom. The predicted molar refractivity (Wildman–Crippen MR) is 142 cm³/mol. The van der Waals surface area contributed by atoms with Gasteiger partial charge in [-0.2, -0.15) is 5.10 Å². The number of nitrogens with zero attached hydrogens (tertiary/aromatic N) is 4. The van der Waals surface area contributed by atoms with Crippen LogP contribution in [-0.4, -0.2) is 64.1 Å². The molecule has 2 aliphatic rings. The van der Waals surface area contributed by atoms with E-state index in [0.29, 0.717) is 35.5 Å². The third-order valence-corrected chi connectivity index (χ3v) is 7.70. The number of amides is 2. The van der Waals surface area contributed by atoms with Gasteiger partial charge in [0.05, 0.1) is 11.4 Å². The number of rotatable bonds is 6. The van der Waals surface area contributed by atoms with Crippen molar-refractivity contribution in [1.82, 2.24) is 19.6 Å². The molecule has 0 spiro atoms. The topological polar surface area (TPSA) is 70.5 Å². The lowest BCUT2D eigenvalue weighted by Crippen LogP contribution is -2.35. The molecule has 0 radical (unpaired) electrons. The van der Waals surface area contributed by atoms with Crippen LogP contribution in [0.15, 0.2) is 48.5 Å². The minimum atomic E-state index is -0.0106. The Morgan fingerprint density at radius 2 is 1.67 bits per heavy atom. The molecule has 188 valence electrons. The minimum absolute atomic E-state index is 0.0106. The van der Waals surface area contributed by atoms with Gasteiger partial charge in [0.25, 0.3) is 5.91 Å². The van der Waals surface area contributed by atoms with Gasteiger partial charge in [-0.3, -0.25) is 9.59 Å². The van der Waals surface area contributed by atoms with E-state index in [4.69, 9.17) is 11.6 Å². The molecule has 3 aromatic rings. The number of carbonyl (C=O) groups is 2. The molecule has 0 aliphatic carbocycles. The second kappa shape index (κ2) is 10.1. The molecule has 2 aliphatic heterocycles. The number of hydrogen-bond acceptors (Lipinski definition) is 4. The number of likely N-dealkylation sites (tertiary alicyclic amines) is 2. The Bertz CT molecular complexity index is 1270. The number of aryl methyl sites for hydroxylation is 3. The van der Waals surface area contributed by atoms with Crippen molar-refractivity contribution in [3.63, 3.8) is 0 Å². The average molecular weight is 506 g/mol. The molecular weight excluding hydrogens is 474 g/mol. The van der Waals surface area contributed by atoms with Crippen molar-refractivity contribution in [3.05, 3.63) is 76.1 Å². The van der Waals surface area contributed by atoms with E-state index in [1.165, 1.54) is 5.56 Å². The number of carbonyl (C=O) groups excluding carboxylic acids is 2. The summed E-state index contributed by atoms with van der Waals surface area (Å²) in [7, 11) is 0. The summed E-state index contributed by atoms with van der Waals surface area (Å²) in [6.45, 7) is 9.92. The van der Waals surface area contributed by atoms with Crippen LogP contribution in [-0.2, 0) is 4.79 Å². The standard InChI is InChI=1S/C28H32ClN5O2/c1-18-4-8-24(9-5-18)34-26(12-20(3)31-34)28(36)33-16-21-14-32(15-22(21)17-33)11-10-27(35)30-23-7-6-19(2)25(29)13-23/h4-9,12-13,21-22H,10-11,14-17H2,1-3H3,(H,30,35). The SMILES string of the molecule is Cc1ccc(-n2nc(C)cc2C(=O)N2CC3CN(CCC(=O)Nc4ccc(C)c(Cl)c4)CC3C2)cc1. The average Bonchev–Trinajstić information content (AvgIpc) is 3.53. The van der Waals surface area contributed by atoms with E-state index in [2.05, 4.69) is 15.3 Å². The van der Waals surface area contributed by atoms with Crippen LogP contribution in [0.5, 0.6) is 0 Å². The van der Waals surface area contributed by atoms with E-state index in [0.717, 1.165) is 48.8 Å². The fraction of sp³-hybridized carbons (Fsp3) is 0.393. The van der Waals surface area contributed by atoms with Crippen LogP contribution < -0.4 is 5.32 Å². The number of hydrogen-bond donors (Lipinski definition) is 1. The first-order valence-corrected chi connectivity index (χ1v) is 12.9. The van der Waals surface area contributed by atoms with Gasteiger partial charge in [0.15, 0.2) is 0 Å². The number of anilines is 1. The summed E-state index contributed by atoms with van der Waals surface area (Å²) in [6.07, 6.45) is 0.433. The Hall–Kier alpha value is -3.16. The van der Waals surface area contributed by atoms with Gasteiger partial charge >= 0.3 is 0 Å². The van der Waals surface area contributed by atoms with E-state index < -0.39 is 0 Å². The monoisotopic (exact) mass is 505 g/mol. The highest BCUT2D eigenvalue weighted by Gasteiger charge is 2.42. The van der Waals surface area contributed by atoms with Gasteiger partial charge in [-0.15, -0.1) is 0 Å². The largest absolute Gasteiger partial charge is 0.337 e. The van der Waals surface area contributed by atoms with Crippen LogP contribution >= 0.6 is 11.6 Å². The lowest BCUT2D eigenvalue weighted by molar-refractivity contribution is -0.116. The van der Waals surface area contributed by atoms with Crippen LogP contribution in [0.1, 0.15) is 33.7 Å². The van der Waals surface area contributed by atoms with Crippen molar-refractivity contribution in [2.24, 2.45) is 11.8 Å². The summed E-state index contributed by atoms with van der Waals surface area (Å²) in [5.41, 5.74) is 5.22. The molecule has 0 saturated carbocycles. The minimum Gasteiger partial charge on any atom is -0.337 e. The van der Waals surface area contributed by atoms with Crippen molar-refractivity contribution >= 4 is 29.1 Å². The normalized spacial score (nSPS) is 19.5. The second-order valence-electron chi connectivity index (χ2n) is 10.2. The Balaban J connectivity index is 1.15. The van der Waals surface area contributed by atoms with Gasteiger partial charge in [-0.05, 0) is 68.5 Å². The van der Waals surface area contributed by atoms with E-state index in [1.807, 2.05) is 68.1 Å². The van der Waals surface area contributed by atoms with Gasteiger partial charge in [0.2, 0.25) is 5.91 Å². The maximum Gasteiger partial charge on any atom is 0.272 e. The summed E-state index contributed by atoms with van der Waals surface area (Å²) < 4.78 is 1.76. The maximum atomic E-state index is 13.5. The highest BCUT2D eigenvalue weighted by atomic mass is 35.5.